The van der Waals surface area contributed by atoms with Crippen molar-refractivity contribution in [3.8, 4) is 0 Å². The number of nitrogens with one attached hydrogen (secondary N) is 1. The first kappa shape index (κ1) is 14.5. The lowest BCUT2D eigenvalue weighted by Gasteiger charge is -2.28. The average Bonchev–Trinajstić information content (AvgIpc) is 2.34. The highest BCUT2D eigenvalue weighted by molar-refractivity contribution is 9.09. The van der Waals surface area contributed by atoms with Crippen LogP contribution in [-0.4, -0.2) is 31.1 Å². The summed E-state index contributed by atoms with van der Waals surface area (Å²) in [5.74, 6) is 0. The quantitative estimate of drug-likeness (QED) is 0.546. The SMILES string of the molecule is COC1CCCC(NCCCCCCBr)C1. The molecule has 0 aromatic heterocycles. The fourth-order valence-corrected chi connectivity index (χ4v) is 2.82. The Bertz CT molecular complexity index is 166. The van der Waals surface area contributed by atoms with Crippen LogP contribution in [0.15, 0.2) is 0 Å². The van der Waals surface area contributed by atoms with Crippen LogP contribution < -0.4 is 5.32 Å². The molecule has 0 aromatic rings. The summed E-state index contributed by atoms with van der Waals surface area (Å²) in [7, 11) is 1.84. The molecular weight excluding hydrogens is 266 g/mol. The molecule has 1 rings (SSSR count). The molecule has 0 heterocycles. The van der Waals surface area contributed by atoms with Gasteiger partial charge < -0.3 is 10.1 Å². The fraction of sp³-hybridized carbons (Fsp3) is 1.00. The van der Waals surface area contributed by atoms with Crippen molar-refractivity contribution in [3.05, 3.63) is 0 Å². The number of ether oxygens (including phenoxy) is 1. The Hall–Kier alpha value is 0.400. The van der Waals surface area contributed by atoms with E-state index in [9.17, 15) is 0 Å². The van der Waals surface area contributed by atoms with Gasteiger partial charge in [-0.2, -0.15) is 0 Å². The van der Waals surface area contributed by atoms with Crippen molar-refractivity contribution in [1.29, 1.82) is 0 Å². The Morgan fingerprint density at radius 2 is 2.00 bits per heavy atom. The van der Waals surface area contributed by atoms with Crippen LogP contribution in [0, 0.1) is 0 Å². The lowest BCUT2D eigenvalue weighted by Crippen LogP contribution is -2.37. The highest BCUT2D eigenvalue weighted by Gasteiger charge is 2.20. The van der Waals surface area contributed by atoms with Gasteiger partial charge in [0.05, 0.1) is 6.10 Å². The van der Waals surface area contributed by atoms with E-state index < -0.39 is 0 Å². The smallest absolute Gasteiger partial charge is 0.0586 e. The van der Waals surface area contributed by atoms with Gasteiger partial charge in [0.2, 0.25) is 0 Å². The van der Waals surface area contributed by atoms with Crippen LogP contribution in [-0.2, 0) is 4.74 Å². The van der Waals surface area contributed by atoms with Crippen LogP contribution in [0.2, 0.25) is 0 Å². The van der Waals surface area contributed by atoms with Gasteiger partial charge in [0.15, 0.2) is 0 Å². The summed E-state index contributed by atoms with van der Waals surface area (Å²) in [6, 6.07) is 0.704. The van der Waals surface area contributed by atoms with Gasteiger partial charge in [0.25, 0.3) is 0 Å². The molecule has 1 N–H and O–H groups in total. The summed E-state index contributed by atoms with van der Waals surface area (Å²) >= 11 is 3.47. The van der Waals surface area contributed by atoms with E-state index in [0.29, 0.717) is 12.1 Å². The molecule has 1 aliphatic rings. The molecular formula is C13H26BrNO. The summed E-state index contributed by atoms with van der Waals surface area (Å²) in [5.41, 5.74) is 0. The first-order valence-corrected chi connectivity index (χ1v) is 7.81. The molecule has 2 unspecified atom stereocenters. The number of methoxy groups -OCH3 is 1. The second kappa shape index (κ2) is 9.43. The maximum Gasteiger partial charge on any atom is 0.0586 e. The standard InChI is InChI=1S/C13H26BrNO/c1-16-13-8-6-7-12(11-13)15-10-5-3-2-4-9-14/h12-13,15H,2-11H2,1H3. The number of hydrogen-bond donors (Lipinski definition) is 1. The number of rotatable bonds is 8. The Balaban J connectivity index is 1.95. The van der Waals surface area contributed by atoms with Crippen LogP contribution in [0.4, 0.5) is 0 Å². The third-order valence-electron chi connectivity index (χ3n) is 3.45. The first-order valence-electron chi connectivity index (χ1n) is 6.69. The van der Waals surface area contributed by atoms with E-state index in [0.717, 1.165) is 5.33 Å². The molecule has 1 saturated carbocycles. The minimum absolute atomic E-state index is 0.500. The molecule has 1 fully saturated rings. The van der Waals surface area contributed by atoms with Gasteiger partial charge in [-0.3, -0.25) is 0 Å². The van der Waals surface area contributed by atoms with E-state index in [1.54, 1.807) is 0 Å². The maximum absolute atomic E-state index is 5.44. The van der Waals surface area contributed by atoms with Crippen molar-refractivity contribution in [2.24, 2.45) is 0 Å². The minimum atomic E-state index is 0.500. The summed E-state index contributed by atoms with van der Waals surface area (Å²) < 4.78 is 5.44. The third-order valence-corrected chi connectivity index (χ3v) is 4.01. The molecule has 0 bridgehead atoms. The summed E-state index contributed by atoms with van der Waals surface area (Å²) in [5, 5.41) is 4.82. The van der Waals surface area contributed by atoms with E-state index in [-0.39, 0.29) is 0 Å². The number of unbranched alkanes of at least 4 members (excludes halogenated alkanes) is 3. The largest absolute Gasteiger partial charge is 0.381 e. The number of hydrogen-bond acceptors (Lipinski definition) is 2. The number of alkyl halides is 1. The van der Waals surface area contributed by atoms with Crippen LogP contribution >= 0.6 is 15.9 Å². The van der Waals surface area contributed by atoms with Crippen molar-refractivity contribution in [3.63, 3.8) is 0 Å². The van der Waals surface area contributed by atoms with Crippen LogP contribution in [0.25, 0.3) is 0 Å². The molecule has 16 heavy (non-hydrogen) atoms. The summed E-state index contributed by atoms with van der Waals surface area (Å²) in [4.78, 5) is 0. The van der Waals surface area contributed by atoms with Gasteiger partial charge in [-0.25, -0.2) is 0 Å². The van der Waals surface area contributed by atoms with Crippen LogP contribution in [0.1, 0.15) is 51.4 Å². The highest BCUT2D eigenvalue weighted by Crippen LogP contribution is 2.20. The second-order valence-electron chi connectivity index (χ2n) is 4.78. The van der Waals surface area contributed by atoms with Gasteiger partial charge in [-0.15, -0.1) is 0 Å². The Morgan fingerprint density at radius 1 is 1.19 bits per heavy atom. The van der Waals surface area contributed by atoms with Crippen LogP contribution in [0.3, 0.4) is 0 Å². The molecule has 2 nitrogen and oxygen atoms in total. The molecule has 0 spiro atoms. The molecule has 1 aliphatic carbocycles. The van der Waals surface area contributed by atoms with E-state index in [4.69, 9.17) is 4.74 Å². The topological polar surface area (TPSA) is 21.3 Å². The molecule has 0 amide bonds. The first-order chi connectivity index (χ1) is 7.86. The fourth-order valence-electron chi connectivity index (χ4n) is 2.42. The van der Waals surface area contributed by atoms with Crippen LogP contribution in [0.5, 0.6) is 0 Å². The summed E-state index contributed by atoms with van der Waals surface area (Å²) in [6.45, 7) is 1.18. The predicted octanol–water partition coefficient (Wildman–Crippen LogP) is 3.49. The zero-order valence-electron chi connectivity index (χ0n) is 10.5. The Kier molecular flexibility index (Phi) is 8.52. The van der Waals surface area contributed by atoms with Crippen molar-refractivity contribution in [2.75, 3.05) is 19.0 Å². The van der Waals surface area contributed by atoms with E-state index in [1.807, 2.05) is 7.11 Å². The molecule has 0 radical (unpaired) electrons. The zero-order chi connectivity index (χ0) is 11.6. The molecule has 0 aliphatic heterocycles. The normalized spacial score (nSPS) is 25.9. The number of halogens is 1. The lowest BCUT2D eigenvalue weighted by molar-refractivity contribution is 0.0589. The van der Waals surface area contributed by atoms with Gasteiger partial charge in [0, 0.05) is 18.5 Å². The molecule has 0 aromatic carbocycles. The zero-order valence-corrected chi connectivity index (χ0v) is 12.1. The predicted molar refractivity (Wildman–Crippen MR) is 73.3 cm³/mol. The maximum atomic E-state index is 5.44. The minimum Gasteiger partial charge on any atom is -0.381 e. The van der Waals surface area contributed by atoms with Gasteiger partial charge in [-0.05, 0) is 45.1 Å². The van der Waals surface area contributed by atoms with Gasteiger partial charge in [-0.1, -0.05) is 28.8 Å². The molecule has 2 atom stereocenters. The van der Waals surface area contributed by atoms with Gasteiger partial charge in [0.1, 0.15) is 0 Å². The van der Waals surface area contributed by atoms with E-state index in [1.165, 1.54) is 57.9 Å². The van der Waals surface area contributed by atoms with E-state index in [2.05, 4.69) is 21.2 Å². The molecule has 96 valence electrons. The van der Waals surface area contributed by atoms with Crippen molar-refractivity contribution < 1.29 is 4.74 Å². The molecule has 0 saturated heterocycles. The highest BCUT2D eigenvalue weighted by atomic mass is 79.9. The lowest BCUT2D eigenvalue weighted by atomic mass is 9.93. The van der Waals surface area contributed by atoms with Crippen molar-refractivity contribution in [1.82, 2.24) is 5.32 Å². The third kappa shape index (κ3) is 6.21. The Labute approximate surface area is 109 Å². The van der Waals surface area contributed by atoms with Gasteiger partial charge >= 0.3 is 0 Å². The Morgan fingerprint density at radius 3 is 2.75 bits per heavy atom. The van der Waals surface area contributed by atoms with Crippen molar-refractivity contribution >= 4 is 15.9 Å². The second-order valence-corrected chi connectivity index (χ2v) is 5.57. The molecule has 3 heteroatoms. The monoisotopic (exact) mass is 291 g/mol. The van der Waals surface area contributed by atoms with Crippen molar-refractivity contribution in [2.45, 2.75) is 63.5 Å². The average molecular weight is 292 g/mol. The van der Waals surface area contributed by atoms with E-state index >= 15 is 0 Å². The summed E-state index contributed by atoms with van der Waals surface area (Å²) in [6.07, 6.45) is 11.0.